The van der Waals surface area contributed by atoms with Gasteiger partial charge in [0, 0.05) is 0 Å². The van der Waals surface area contributed by atoms with Crippen molar-refractivity contribution in [3.8, 4) is 0 Å². The van der Waals surface area contributed by atoms with Crippen LogP contribution in [0.4, 0.5) is 11.4 Å². The van der Waals surface area contributed by atoms with Crippen LogP contribution in [-0.4, -0.2) is 26.3 Å². The quantitative estimate of drug-likeness (QED) is 0.652. The number of H-pyrrole nitrogens is 2. The van der Waals surface area contributed by atoms with Gasteiger partial charge in [0.1, 0.15) is 0 Å². The number of nitrogens with two attached hydrogens (primary N) is 1. The first-order chi connectivity index (χ1) is 8.54. The predicted molar refractivity (Wildman–Crippen MR) is 68.4 cm³/mol. The SMILES string of the molecule is CCc1[nH]nc(C(=O)Nc2c(C)n[nH]c2C)c1N. The number of rotatable bonds is 3. The summed E-state index contributed by atoms with van der Waals surface area (Å²) >= 11 is 0. The molecule has 7 nitrogen and oxygen atoms in total. The van der Waals surface area contributed by atoms with Crippen molar-refractivity contribution in [2.45, 2.75) is 27.2 Å². The molecule has 0 atom stereocenters. The van der Waals surface area contributed by atoms with E-state index in [1.54, 1.807) is 0 Å². The van der Waals surface area contributed by atoms with E-state index in [2.05, 4.69) is 25.7 Å². The molecule has 0 bridgehead atoms. The zero-order valence-electron chi connectivity index (χ0n) is 10.6. The number of aromatic amines is 2. The number of hydrogen-bond acceptors (Lipinski definition) is 4. The maximum absolute atomic E-state index is 12.1. The Kier molecular flexibility index (Phi) is 3.05. The number of aryl methyl sites for hydroxylation is 3. The fraction of sp³-hybridized carbons (Fsp3) is 0.364. The lowest BCUT2D eigenvalue weighted by Gasteiger charge is -2.03. The fourth-order valence-corrected chi connectivity index (χ4v) is 1.74. The summed E-state index contributed by atoms with van der Waals surface area (Å²) < 4.78 is 0. The summed E-state index contributed by atoms with van der Waals surface area (Å²) in [5, 5.41) is 16.3. The molecule has 5 N–H and O–H groups in total. The van der Waals surface area contributed by atoms with Gasteiger partial charge < -0.3 is 11.1 Å². The highest BCUT2D eigenvalue weighted by Gasteiger charge is 2.18. The van der Waals surface area contributed by atoms with Crippen molar-refractivity contribution in [2.75, 3.05) is 11.1 Å². The predicted octanol–water partition coefficient (Wildman–Crippen LogP) is 1.15. The largest absolute Gasteiger partial charge is 0.395 e. The van der Waals surface area contributed by atoms with Crippen LogP contribution < -0.4 is 11.1 Å². The molecule has 0 unspecified atom stereocenters. The summed E-state index contributed by atoms with van der Waals surface area (Å²) in [5.41, 5.74) is 9.41. The van der Waals surface area contributed by atoms with Crippen LogP contribution >= 0.6 is 0 Å². The molecule has 18 heavy (non-hydrogen) atoms. The van der Waals surface area contributed by atoms with Crippen molar-refractivity contribution < 1.29 is 4.79 Å². The van der Waals surface area contributed by atoms with Crippen molar-refractivity contribution in [1.82, 2.24) is 20.4 Å². The van der Waals surface area contributed by atoms with E-state index in [1.807, 2.05) is 20.8 Å². The Morgan fingerprint density at radius 3 is 2.56 bits per heavy atom. The summed E-state index contributed by atoms with van der Waals surface area (Å²) in [5.74, 6) is -0.337. The summed E-state index contributed by atoms with van der Waals surface area (Å²) in [7, 11) is 0. The van der Waals surface area contributed by atoms with Gasteiger partial charge in [-0.05, 0) is 20.3 Å². The second-order valence-electron chi connectivity index (χ2n) is 4.08. The van der Waals surface area contributed by atoms with E-state index in [-0.39, 0.29) is 11.6 Å². The van der Waals surface area contributed by atoms with Gasteiger partial charge in [-0.25, -0.2) is 0 Å². The van der Waals surface area contributed by atoms with Crippen molar-refractivity contribution in [3.05, 3.63) is 22.8 Å². The molecular formula is C11H16N6O. The molecule has 0 saturated heterocycles. The average molecular weight is 248 g/mol. The number of nitrogen functional groups attached to an aromatic ring is 1. The molecule has 2 rings (SSSR count). The first-order valence-corrected chi connectivity index (χ1v) is 5.70. The molecule has 0 aliphatic heterocycles. The highest BCUT2D eigenvalue weighted by molar-refractivity contribution is 6.07. The van der Waals surface area contributed by atoms with E-state index >= 15 is 0 Å². The Balaban J connectivity index is 2.25. The van der Waals surface area contributed by atoms with Gasteiger partial charge in [0.05, 0.1) is 28.5 Å². The van der Waals surface area contributed by atoms with Crippen LogP contribution in [0.15, 0.2) is 0 Å². The highest BCUT2D eigenvalue weighted by Crippen LogP contribution is 2.19. The minimum absolute atomic E-state index is 0.215. The summed E-state index contributed by atoms with van der Waals surface area (Å²) in [6.07, 6.45) is 0.704. The molecule has 0 spiro atoms. The van der Waals surface area contributed by atoms with Gasteiger partial charge >= 0.3 is 0 Å². The molecule has 2 aromatic rings. The first-order valence-electron chi connectivity index (χ1n) is 5.70. The smallest absolute Gasteiger partial charge is 0.278 e. The van der Waals surface area contributed by atoms with Crippen LogP contribution in [-0.2, 0) is 6.42 Å². The number of carbonyl (C=O) groups is 1. The van der Waals surface area contributed by atoms with Crippen LogP contribution in [0.3, 0.4) is 0 Å². The number of amides is 1. The Bertz CT molecular complexity index is 563. The molecule has 1 amide bonds. The molecule has 0 radical (unpaired) electrons. The average Bonchev–Trinajstić information content (AvgIpc) is 2.86. The third kappa shape index (κ3) is 1.94. The third-order valence-electron chi connectivity index (χ3n) is 2.82. The van der Waals surface area contributed by atoms with Gasteiger partial charge in [-0.1, -0.05) is 6.92 Å². The van der Waals surface area contributed by atoms with Crippen molar-refractivity contribution in [2.24, 2.45) is 0 Å². The minimum atomic E-state index is -0.337. The first kappa shape index (κ1) is 12.2. The van der Waals surface area contributed by atoms with E-state index in [1.165, 1.54) is 0 Å². The van der Waals surface area contributed by atoms with E-state index in [4.69, 9.17) is 5.73 Å². The van der Waals surface area contributed by atoms with Gasteiger partial charge in [0.2, 0.25) is 0 Å². The van der Waals surface area contributed by atoms with Crippen LogP contribution in [0.25, 0.3) is 0 Å². The lowest BCUT2D eigenvalue weighted by Crippen LogP contribution is -2.15. The van der Waals surface area contributed by atoms with Gasteiger partial charge in [0.15, 0.2) is 5.69 Å². The van der Waals surface area contributed by atoms with Crippen molar-refractivity contribution in [1.29, 1.82) is 0 Å². The molecule has 2 heterocycles. The lowest BCUT2D eigenvalue weighted by molar-refractivity contribution is 0.102. The molecule has 0 aliphatic carbocycles. The Labute approximate surface area is 104 Å². The zero-order valence-corrected chi connectivity index (χ0v) is 10.6. The van der Waals surface area contributed by atoms with Crippen LogP contribution in [0, 0.1) is 13.8 Å². The minimum Gasteiger partial charge on any atom is -0.395 e. The summed E-state index contributed by atoms with van der Waals surface area (Å²) in [6, 6.07) is 0. The number of nitrogens with one attached hydrogen (secondary N) is 3. The summed E-state index contributed by atoms with van der Waals surface area (Å²) in [6.45, 7) is 5.58. The maximum Gasteiger partial charge on any atom is 0.278 e. The number of carbonyl (C=O) groups excluding carboxylic acids is 1. The van der Waals surface area contributed by atoms with E-state index in [9.17, 15) is 4.79 Å². The monoisotopic (exact) mass is 248 g/mol. The van der Waals surface area contributed by atoms with E-state index < -0.39 is 0 Å². The van der Waals surface area contributed by atoms with Crippen molar-refractivity contribution >= 4 is 17.3 Å². The molecule has 7 heteroatoms. The Morgan fingerprint density at radius 1 is 1.33 bits per heavy atom. The van der Waals surface area contributed by atoms with Crippen molar-refractivity contribution in [3.63, 3.8) is 0 Å². The summed E-state index contributed by atoms with van der Waals surface area (Å²) in [4.78, 5) is 12.1. The number of anilines is 2. The van der Waals surface area contributed by atoms with Gasteiger partial charge in [0.25, 0.3) is 5.91 Å². The second-order valence-corrected chi connectivity index (χ2v) is 4.08. The van der Waals surface area contributed by atoms with Gasteiger partial charge in [-0.3, -0.25) is 15.0 Å². The maximum atomic E-state index is 12.1. The molecule has 96 valence electrons. The fourth-order valence-electron chi connectivity index (χ4n) is 1.74. The Hall–Kier alpha value is -2.31. The van der Waals surface area contributed by atoms with E-state index in [0.29, 0.717) is 17.8 Å². The van der Waals surface area contributed by atoms with Crippen LogP contribution in [0.1, 0.15) is 34.5 Å². The third-order valence-corrected chi connectivity index (χ3v) is 2.82. The number of hydrogen-bond donors (Lipinski definition) is 4. The highest BCUT2D eigenvalue weighted by atomic mass is 16.2. The lowest BCUT2D eigenvalue weighted by atomic mass is 10.2. The molecule has 0 aromatic carbocycles. The molecular weight excluding hydrogens is 232 g/mol. The standard InChI is InChI=1S/C11H16N6O/c1-4-7-8(12)10(17-16-7)11(18)13-9-5(2)14-15-6(9)3/h4,12H2,1-3H3,(H,13,18)(H,14,15)(H,16,17). The number of nitrogens with zero attached hydrogens (tertiary/aromatic N) is 2. The second kappa shape index (κ2) is 4.52. The molecule has 0 saturated carbocycles. The molecule has 2 aromatic heterocycles. The molecule has 0 aliphatic rings. The van der Waals surface area contributed by atoms with Gasteiger partial charge in [-0.15, -0.1) is 0 Å². The van der Waals surface area contributed by atoms with Crippen LogP contribution in [0.2, 0.25) is 0 Å². The number of aromatic nitrogens is 4. The normalized spacial score (nSPS) is 10.6. The van der Waals surface area contributed by atoms with Crippen LogP contribution in [0.5, 0.6) is 0 Å². The molecule has 0 fully saturated rings. The van der Waals surface area contributed by atoms with E-state index in [0.717, 1.165) is 17.1 Å². The zero-order chi connectivity index (χ0) is 13.3. The van der Waals surface area contributed by atoms with Gasteiger partial charge in [-0.2, -0.15) is 10.2 Å². The Morgan fingerprint density at radius 2 is 2.06 bits per heavy atom. The topological polar surface area (TPSA) is 112 Å².